The predicted molar refractivity (Wildman–Crippen MR) is 58.8 cm³/mol. The summed E-state index contributed by atoms with van der Waals surface area (Å²) in [6.07, 6.45) is 0. The molecule has 1 amide bonds. The molecule has 1 rings (SSSR count). The van der Waals surface area contributed by atoms with Crippen molar-refractivity contribution >= 4 is 5.91 Å². The molecule has 0 bridgehead atoms. The van der Waals surface area contributed by atoms with Crippen LogP contribution in [0.4, 0.5) is 0 Å². The highest BCUT2D eigenvalue weighted by Gasteiger charge is 2.21. The molecule has 0 radical (unpaired) electrons. The van der Waals surface area contributed by atoms with E-state index >= 15 is 0 Å². The summed E-state index contributed by atoms with van der Waals surface area (Å²) in [5, 5.41) is 2.97. The van der Waals surface area contributed by atoms with Crippen LogP contribution in [0.5, 0.6) is 0 Å². The molecule has 1 fully saturated rings. The van der Waals surface area contributed by atoms with E-state index in [2.05, 4.69) is 5.32 Å². The van der Waals surface area contributed by atoms with Crippen molar-refractivity contribution < 1.29 is 14.4 Å². The van der Waals surface area contributed by atoms with Crippen LogP contribution in [0.1, 0.15) is 20.8 Å². The number of morpholine rings is 1. The largest absolute Gasteiger partial charge is 0.370 e. The predicted octanol–water partition coefficient (Wildman–Crippen LogP) is -0.936. The minimum absolute atomic E-state index is 0.134. The Morgan fingerprint density at radius 2 is 1.93 bits per heavy atom. The number of rotatable bonds is 3. The van der Waals surface area contributed by atoms with Crippen LogP contribution in [0.2, 0.25) is 0 Å². The number of hydrogen-bond donors (Lipinski definition) is 2. The Hall–Kier alpha value is -0.610. The molecular formula is C11H23N2O2+. The van der Waals surface area contributed by atoms with Crippen molar-refractivity contribution in [3.05, 3.63) is 0 Å². The Labute approximate surface area is 92.0 Å². The van der Waals surface area contributed by atoms with Gasteiger partial charge in [-0.05, 0) is 0 Å². The maximum atomic E-state index is 11.6. The second-order valence-corrected chi connectivity index (χ2v) is 5.12. The van der Waals surface area contributed by atoms with E-state index in [0.717, 1.165) is 39.4 Å². The van der Waals surface area contributed by atoms with E-state index in [1.165, 1.54) is 4.90 Å². The van der Waals surface area contributed by atoms with E-state index in [0.29, 0.717) is 0 Å². The van der Waals surface area contributed by atoms with Gasteiger partial charge in [0.25, 0.3) is 0 Å². The number of amides is 1. The SMILES string of the molecule is CC(C)(C)C(=O)NCC[NH+]1CCOCC1. The zero-order valence-corrected chi connectivity index (χ0v) is 10.1. The monoisotopic (exact) mass is 215 g/mol. The Morgan fingerprint density at radius 1 is 1.33 bits per heavy atom. The smallest absolute Gasteiger partial charge is 0.225 e. The van der Waals surface area contributed by atoms with Crippen LogP contribution in [-0.2, 0) is 9.53 Å². The molecule has 0 unspecified atom stereocenters. The number of ether oxygens (including phenoxy) is 1. The first-order chi connectivity index (χ1) is 7.00. The molecule has 15 heavy (non-hydrogen) atoms. The fourth-order valence-electron chi connectivity index (χ4n) is 1.53. The van der Waals surface area contributed by atoms with Gasteiger partial charge in [-0.3, -0.25) is 4.79 Å². The molecule has 4 heteroatoms. The molecule has 0 aromatic rings. The number of nitrogens with one attached hydrogen (secondary N) is 2. The molecule has 0 saturated carbocycles. The van der Waals surface area contributed by atoms with Gasteiger partial charge in [-0.1, -0.05) is 20.8 Å². The number of hydrogen-bond acceptors (Lipinski definition) is 2. The molecule has 1 saturated heterocycles. The lowest BCUT2D eigenvalue weighted by Crippen LogP contribution is -3.14. The highest BCUT2D eigenvalue weighted by molar-refractivity contribution is 5.81. The van der Waals surface area contributed by atoms with Crippen molar-refractivity contribution in [2.24, 2.45) is 5.41 Å². The van der Waals surface area contributed by atoms with Gasteiger partial charge in [-0.15, -0.1) is 0 Å². The zero-order chi connectivity index (χ0) is 11.3. The van der Waals surface area contributed by atoms with Gasteiger partial charge in [0.05, 0.1) is 26.3 Å². The minimum atomic E-state index is -0.277. The van der Waals surface area contributed by atoms with Crippen LogP contribution in [0.3, 0.4) is 0 Å². The third-order valence-electron chi connectivity index (χ3n) is 2.65. The average molecular weight is 215 g/mol. The molecule has 2 N–H and O–H groups in total. The van der Waals surface area contributed by atoms with Crippen molar-refractivity contribution in [1.82, 2.24) is 5.32 Å². The summed E-state index contributed by atoms with van der Waals surface area (Å²) in [7, 11) is 0. The molecule has 0 aliphatic carbocycles. The molecule has 0 atom stereocenters. The molecule has 1 aliphatic rings. The van der Waals surface area contributed by atoms with Crippen molar-refractivity contribution in [2.75, 3.05) is 39.4 Å². The second kappa shape index (κ2) is 5.47. The van der Waals surface area contributed by atoms with Gasteiger partial charge in [-0.25, -0.2) is 0 Å². The summed E-state index contributed by atoms with van der Waals surface area (Å²) >= 11 is 0. The molecule has 0 aromatic heterocycles. The summed E-state index contributed by atoms with van der Waals surface area (Å²) in [4.78, 5) is 13.1. The Morgan fingerprint density at radius 3 is 2.47 bits per heavy atom. The quantitative estimate of drug-likeness (QED) is 0.638. The van der Waals surface area contributed by atoms with Crippen LogP contribution >= 0.6 is 0 Å². The molecular weight excluding hydrogens is 192 g/mol. The molecule has 0 aromatic carbocycles. The Bertz CT molecular complexity index is 205. The van der Waals surface area contributed by atoms with Crippen LogP contribution in [0.15, 0.2) is 0 Å². The molecule has 1 aliphatic heterocycles. The highest BCUT2D eigenvalue weighted by Crippen LogP contribution is 2.11. The van der Waals surface area contributed by atoms with E-state index in [9.17, 15) is 4.79 Å². The maximum absolute atomic E-state index is 11.6. The van der Waals surface area contributed by atoms with Crippen molar-refractivity contribution in [3.8, 4) is 0 Å². The van der Waals surface area contributed by atoms with Gasteiger partial charge in [0.15, 0.2) is 0 Å². The third-order valence-corrected chi connectivity index (χ3v) is 2.65. The summed E-state index contributed by atoms with van der Waals surface area (Å²) in [6.45, 7) is 11.4. The third kappa shape index (κ3) is 4.62. The van der Waals surface area contributed by atoms with Crippen LogP contribution in [0, 0.1) is 5.41 Å². The topological polar surface area (TPSA) is 42.8 Å². The van der Waals surface area contributed by atoms with E-state index in [1.807, 2.05) is 20.8 Å². The van der Waals surface area contributed by atoms with Gasteiger partial charge in [0, 0.05) is 5.41 Å². The molecule has 0 spiro atoms. The van der Waals surface area contributed by atoms with Gasteiger partial charge in [0.2, 0.25) is 5.91 Å². The lowest BCUT2D eigenvalue weighted by Gasteiger charge is -2.24. The first kappa shape index (κ1) is 12.5. The van der Waals surface area contributed by atoms with Crippen LogP contribution in [-0.4, -0.2) is 45.3 Å². The lowest BCUT2D eigenvalue weighted by atomic mass is 9.96. The number of quaternary nitrogens is 1. The van der Waals surface area contributed by atoms with Gasteiger partial charge < -0.3 is 15.0 Å². The van der Waals surface area contributed by atoms with E-state index < -0.39 is 0 Å². The standard InChI is InChI=1S/C11H22N2O2/c1-11(2,3)10(14)12-4-5-13-6-8-15-9-7-13/h4-9H2,1-3H3,(H,12,14)/p+1. The normalized spacial score (nSPS) is 18.9. The summed E-state index contributed by atoms with van der Waals surface area (Å²) in [5.41, 5.74) is -0.277. The first-order valence-corrected chi connectivity index (χ1v) is 5.70. The van der Waals surface area contributed by atoms with Gasteiger partial charge in [-0.2, -0.15) is 0 Å². The lowest BCUT2D eigenvalue weighted by molar-refractivity contribution is -0.906. The van der Waals surface area contributed by atoms with Crippen LogP contribution in [0.25, 0.3) is 0 Å². The first-order valence-electron chi connectivity index (χ1n) is 5.70. The summed E-state index contributed by atoms with van der Waals surface area (Å²) in [6, 6.07) is 0. The fourth-order valence-corrected chi connectivity index (χ4v) is 1.53. The Balaban J connectivity index is 2.12. The van der Waals surface area contributed by atoms with Gasteiger partial charge in [0.1, 0.15) is 13.1 Å². The van der Waals surface area contributed by atoms with E-state index in [-0.39, 0.29) is 11.3 Å². The van der Waals surface area contributed by atoms with E-state index in [1.54, 1.807) is 0 Å². The van der Waals surface area contributed by atoms with Crippen LogP contribution < -0.4 is 10.2 Å². The van der Waals surface area contributed by atoms with E-state index in [4.69, 9.17) is 4.74 Å². The fraction of sp³-hybridized carbons (Fsp3) is 0.909. The zero-order valence-electron chi connectivity index (χ0n) is 10.1. The second-order valence-electron chi connectivity index (χ2n) is 5.12. The van der Waals surface area contributed by atoms with Gasteiger partial charge >= 0.3 is 0 Å². The summed E-state index contributed by atoms with van der Waals surface area (Å²) < 4.78 is 5.27. The molecule has 88 valence electrons. The maximum Gasteiger partial charge on any atom is 0.225 e. The number of carbonyl (C=O) groups excluding carboxylic acids is 1. The minimum Gasteiger partial charge on any atom is -0.370 e. The Kier molecular flexibility index (Phi) is 4.54. The highest BCUT2D eigenvalue weighted by atomic mass is 16.5. The average Bonchev–Trinajstić information content (AvgIpc) is 2.18. The van der Waals surface area contributed by atoms with Crippen molar-refractivity contribution in [2.45, 2.75) is 20.8 Å². The summed E-state index contributed by atoms with van der Waals surface area (Å²) in [5.74, 6) is 0.134. The molecule has 1 heterocycles. The van der Waals surface area contributed by atoms with Crippen molar-refractivity contribution in [3.63, 3.8) is 0 Å². The molecule has 4 nitrogen and oxygen atoms in total. The van der Waals surface area contributed by atoms with Crippen molar-refractivity contribution in [1.29, 1.82) is 0 Å². The number of carbonyl (C=O) groups is 1.